The van der Waals surface area contributed by atoms with Crippen molar-refractivity contribution in [3.05, 3.63) is 17.8 Å². The van der Waals surface area contributed by atoms with E-state index in [1.165, 1.54) is 13.3 Å². The van der Waals surface area contributed by atoms with Gasteiger partial charge in [-0.3, -0.25) is 0 Å². The molecule has 1 amide bonds. The zero-order valence-electron chi connectivity index (χ0n) is 10.6. The van der Waals surface area contributed by atoms with Crippen molar-refractivity contribution in [3.8, 4) is 6.07 Å². The molecule has 19 heavy (non-hydrogen) atoms. The fourth-order valence-corrected chi connectivity index (χ4v) is 2.10. The minimum Gasteiger partial charge on any atom is -0.453 e. The number of nitrogens with zero attached hydrogens (tertiary/aromatic N) is 3. The van der Waals surface area contributed by atoms with Crippen LogP contribution in [-0.4, -0.2) is 37.3 Å². The zero-order valence-corrected chi connectivity index (χ0v) is 10.6. The predicted octanol–water partition coefficient (Wildman–Crippen LogP) is 0.470. The van der Waals surface area contributed by atoms with Crippen LogP contribution in [0.3, 0.4) is 0 Å². The molecule has 7 nitrogen and oxygen atoms in total. The Morgan fingerprint density at radius 1 is 1.74 bits per heavy atom. The Morgan fingerprint density at radius 3 is 3.16 bits per heavy atom. The van der Waals surface area contributed by atoms with E-state index in [1.807, 2.05) is 11.0 Å². The van der Waals surface area contributed by atoms with Crippen molar-refractivity contribution in [1.82, 2.24) is 10.3 Å². The number of hydrogen-bond acceptors (Lipinski definition) is 6. The summed E-state index contributed by atoms with van der Waals surface area (Å²) in [5.74, 6) is 0.646. The van der Waals surface area contributed by atoms with Gasteiger partial charge in [0.25, 0.3) is 0 Å². The van der Waals surface area contributed by atoms with E-state index >= 15 is 0 Å². The summed E-state index contributed by atoms with van der Waals surface area (Å²) in [7, 11) is 1.34. The van der Waals surface area contributed by atoms with Crippen molar-refractivity contribution in [3.63, 3.8) is 0 Å². The van der Waals surface area contributed by atoms with Crippen LogP contribution in [0.1, 0.15) is 12.0 Å². The van der Waals surface area contributed by atoms with Crippen LogP contribution in [0.4, 0.5) is 16.3 Å². The number of amides is 1. The maximum Gasteiger partial charge on any atom is 0.407 e. The SMILES string of the molecule is COC(=O)NC1CCN(c2ncc(C#N)cc2N)C1. The minimum absolute atomic E-state index is 0.0179. The van der Waals surface area contributed by atoms with Gasteiger partial charge in [-0.05, 0) is 12.5 Å². The smallest absolute Gasteiger partial charge is 0.407 e. The van der Waals surface area contributed by atoms with E-state index in [4.69, 9.17) is 11.0 Å². The molecule has 2 rings (SSSR count). The third-order valence-electron chi connectivity index (χ3n) is 3.02. The van der Waals surface area contributed by atoms with Crippen molar-refractivity contribution in [1.29, 1.82) is 5.26 Å². The van der Waals surface area contributed by atoms with Gasteiger partial charge in [0.1, 0.15) is 6.07 Å². The first-order valence-electron chi connectivity index (χ1n) is 5.89. The number of nitrogens with two attached hydrogens (primary N) is 1. The Balaban J connectivity index is 2.05. The Bertz CT molecular complexity index is 525. The topological polar surface area (TPSA) is 104 Å². The largest absolute Gasteiger partial charge is 0.453 e. The summed E-state index contributed by atoms with van der Waals surface area (Å²) in [5, 5.41) is 11.5. The lowest BCUT2D eigenvalue weighted by Crippen LogP contribution is -2.37. The van der Waals surface area contributed by atoms with E-state index < -0.39 is 6.09 Å². The Kier molecular flexibility index (Phi) is 3.71. The van der Waals surface area contributed by atoms with E-state index in [0.29, 0.717) is 23.6 Å². The van der Waals surface area contributed by atoms with Crippen LogP contribution in [0.5, 0.6) is 0 Å². The molecule has 3 N–H and O–H groups in total. The van der Waals surface area contributed by atoms with Crippen LogP contribution >= 0.6 is 0 Å². The van der Waals surface area contributed by atoms with Crippen molar-refractivity contribution in [2.24, 2.45) is 0 Å². The Labute approximate surface area is 111 Å². The van der Waals surface area contributed by atoms with Gasteiger partial charge in [-0.1, -0.05) is 0 Å². The predicted molar refractivity (Wildman–Crippen MR) is 69.5 cm³/mol. The van der Waals surface area contributed by atoms with Gasteiger partial charge in [0, 0.05) is 19.3 Å². The molecule has 0 spiro atoms. The summed E-state index contributed by atoms with van der Waals surface area (Å²) < 4.78 is 4.56. The third-order valence-corrected chi connectivity index (χ3v) is 3.02. The van der Waals surface area contributed by atoms with Crippen LogP contribution in [0.25, 0.3) is 0 Å². The second-order valence-electron chi connectivity index (χ2n) is 4.32. The number of anilines is 2. The first kappa shape index (κ1) is 13.0. The quantitative estimate of drug-likeness (QED) is 0.802. The number of methoxy groups -OCH3 is 1. The zero-order chi connectivity index (χ0) is 13.8. The molecule has 0 aromatic carbocycles. The molecule has 1 aliphatic heterocycles. The van der Waals surface area contributed by atoms with Gasteiger partial charge in [0.2, 0.25) is 0 Å². The van der Waals surface area contributed by atoms with E-state index in [1.54, 1.807) is 6.07 Å². The molecule has 0 saturated carbocycles. The third kappa shape index (κ3) is 2.85. The van der Waals surface area contributed by atoms with E-state index in [0.717, 1.165) is 13.0 Å². The number of carbonyl (C=O) groups is 1. The number of nitrogens with one attached hydrogen (secondary N) is 1. The number of nitriles is 1. The average molecular weight is 261 g/mol. The molecule has 7 heteroatoms. The highest BCUT2D eigenvalue weighted by Crippen LogP contribution is 2.24. The lowest BCUT2D eigenvalue weighted by Gasteiger charge is -2.19. The Morgan fingerprint density at radius 2 is 2.53 bits per heavy atom. The van der Waals surface area contributed by atoms with Crippen molar-refractivity contribution in [2.45, 2.75) is 12.5 Å². The summed E-state index contributed by atoms with van der Waals surface area (Å²) in [6.45, 7) is 1.37. The van der Waals surface area contributed by atoms with E-state index in [-0.39, 0.29) is 6.04 Å². The molecule has 1 fully saturated rings. The number of nitrogen functional groups attached to an aromatic ring is 1. The molecular formula is C12H15N5O2. The van der Waals surface area contributed by atoms with Crippen LogP contribution in [0.2, 0.25) is 0 Å². The van der Waals surface area contributed by atoms with Gasteiger partial charge in [-0.25, -0.2) is 9.78 Å². The summed E-state index contributed by atoms with van der Waals surface area (Å²) >= 11 is 0. The number of alkyl carbamates (subject to hydrolysis) is 1. The molecule has 0 aliphatic carbocycles. The maximum atomic E-state index is 11.1. The number of rotatable bonds is 2. The second kappa shape index (κ2) is 5.44. The molecule has 0 bridgehead atoms. The lowest BCUT2D eigenvalue weighted by atomic mass is 10.2. The molecule has 1 aromatic rings. The van der Waals surface area contributed by atoms with Gasteiger partial charge in [-0.15, -0.1) is 0 Å². The monoisotopic (exact) mass is 261 g/mol. The number of aromatic nitrogens is 1. The maximum absolute atomic E-state index is 11.1. The highest BCUT2D eigenvalue weighted by molar-refractivity contribution is 5.68. The van der Waals surface area contributed by atoms with Gasteiger partial charge in [0.15, 0.2) is 5.82 Å². The standard InChI is InChI=1S/C12H15N5O2/c1-19-12(18)16-9-2-3-17(7-9)11-10(14)4-8(5-13)6-15-11/h4,6,9H,2-3,7,14H2,1H3,(H,16,18). The summed E-state index contributed by atoms with van der Waals surface area (Å²) in [4.78, 5) is 17.3. The van der Waals surface area contributed by atoms with Gasteiger partial charge >= 0.3 is 6.09 Å². The highest BCUT2D eigenvalue weighted by Gasteiger charge is 2.26. The summed E-state index contributed by atoms with van der Waals surface area (Å²) in [6.07, 6.45) is 1.86. The van der Waals surface area contributed by atoms with Gasteiger partial charge in [0.05, 0.1) is 24.4 Å². The van der Waals surface area contributed by atoms with Crippen molar-refractivity contribution < 1.29 is 9.53 Å². The van der Waals surface area contributed by atoms with Gasteiger partial charge in [-0.2, -0.15) is 5.26 Å². The first-order chi connectivity index (χ1) is 9.13. The van der Waals surface area contributed by atoms with Gasteiger partial charge < -0.3 is 20.7 Å². The number of pyridine rings is 1. The molecule has 2 heterocycles. The Hall–Kier alpha value is -2.49. The molecule has 0 radical (unpaired) electrons. The summed E-state index contributed by atoms with van der Waals surface area (Å²) in [5.41, 5.74) is 6.79. The number of carbonyl (C=O) groups excluding carboxylic acids is 1. The van der Waals surface area contributed by atoms with Crippen LogP contribution in [0.15, 0.2) is 12.3 Å². The van der Waals surface area contributed by atoms with E-state index in [2.05, 4.69) is 15.0 Å². The van der Waals surface area contributed by atoms with Crippen LogP contribution in [-0.2, 0) is 4.74 Å². The molecule has 100 valence electrons. The minimum atomic E-state index is -0.437. The summed E-state index contributed by atoms with van der Waals surface area (Å²) in [6, 6.07) is 3.61. The molecular weight excluding hydrogens is 246 g/mol. The highest BCUT2D eigenvalue weighted by atomic mass is 16.5. The molecule has 1 aromatic heterocycles. The molecule has 1 aliphatic rings. The van der Waals surface area contributed by atoms with Crippen molar-refractivity contribution >= 4 is 17.6 Å². The second-order valence-corrected chi connectivity index (χ2v) is 4.32. The molecule has 1 atom stereocenters. The van der Waals surface area contributed by atoms with Crippen LogP contribution in [0, 0.1) is 11.3 Å². The number of ether oxygens (including phenoxy) is 1. The fraction of sp³-hybridized carbons (Fsp3) is 0.417. The van der Waals surface area contributed by atoms with Crippen LogP contribution < -0.4 is 16.0 Å². The fourth-order valence-electron chi connectivity index (χ4n) is 2.10. The normalized spacial score (nSPS) is 17.9. The number of hydrogen-bond donors (Lipinski definition) is 2. The average Bonchev–Trinajstić information content (AvgIpc) is 2.86. The molecule has 1 unspecified atom stereocenters. The molecule has 1 saturated heterocycles. The van der Waals surface area contributed by atoms with E-state index in [9.17, 15) is 4.79 Å². The first-order valence-corrected chi connectivity index (χ1v) is 5.89. The van der Waals surface area contributed by atoms with Crippen molar-refractivity contribution in [2.75, 3.05) is 30.8 Å². The lowest BCUT2D eigenvalue weighted by molar-refractivity contribution is 0.167.